The molecule has 0 N–H and O–H groups in total. The summed E-state index contributed by atoms with van der Waals surface area (Å²) in [5, 5.41) is 6.97. The van der Waals surface area contributed by atoms with E-state index >= 15 is 0 Å². The van der Waals surface area contributed by atoms with Crippen LogP contribution in [0.4, 0.5) is 17.1 Å². The van der Waals surface area contributed by atoms with Gasteiger partial charge < -0.3 is 9.32 Å². The maximum atomic E-state index is 6.51. The van der Waals surface area contributed by atoms with Crippen molar-refractivity contribution in [2.24, 2.45) is 0 Å². The fraction of sp³-hybridized carbons (Fsp3) is 0. The summed E-state index contributed by atoms with van der Waals surface area (Å²) in [5.41, 5.74) is 13.0. The van der Waals surface area contributed by atoms with Gasteiger partial charge in [0.05, 0.1) is 22.4 Å². The van der Waals surface area contributed by atoms with Gasteiger partial charge in [0.25, 0.3) is 0 Å². The average Bonchev–Trinajstić information content (AvgIpc) is 4.04. The van der Waals surface area contributed by atoms with Crippen molar-refractivity contribution in [3.8, 4) is 39.6 Å². The van der Waals surface area contributed by atoms with Crippen molar-refractivity contribution in [3.05, 3.63) is 218 Å². The highest BCUT2D eigenvalue weighted by Gasteiger charge is 2.23. The number of fused-ring (bicyclic) bond motifs is 10. The topological polar surface area (TPSA) is 47.1 Å². The molecule has 300 valence electrons. The third-order valence-electron chi connectivity index (χ3n) is 12.4. The highest BCUT2D eigenvalue weighted by molar-refractivity contribution is 7.26. The van der Waals surface area contributed by atoms with Crippen LogP contribution in [0.5, 0.6) is 0 Å². The van der Waals surface area contributed by atoms with Gasteiger partial charge in [-0.3, -0.25) is 4.57 Å². The van der Waals surface area contributed by atoms with Gasteiger partial charge in [-0.05, 0) is 83.9 Å². The number of thiophene rings is 1. The Morgan fingerprint density at radius 2 is 0.969 bits per heavy atom. The van der Waals surface area contributed by atoms with Gasteiger partial charge in [0.15, 0.2) is 0 Å². The molecule has 0 amide bonds. The molecule has 0 fully saturated rings. The first-order chi connectivity index (χ1) is 31.7. The molecule has 4 aromatic heterocycles. The Hall–Kier alpha value is -8.32. The molecule has 5 nitrogen and oxygen atoms in total. The minimum atomic E-state index is 0.620. The molecule has 9 aromatic carbocycles. The summed E-state index contributed by atoms with van der Waals surface area (Å²) in [5.74, 6) is 0.620. The van der Waals surface area contributed by atoms with Gasteiger partial charge in [0, 0.05) is 76.0 Å². The van der Waals surface area contributed by atoms with Crippen LogP contribution >= 0.6 is 11.3 Å². The number of hydrogen-bond donors (Lipinski definition) is 0. The summed E-state index contributed by atoms with van der Waals surface area (Å²) in [4.78, 5) is 13.1. The fourth-order valence-electron chi connectivity index (χ4n) is 9.47. The second kappa shape index (κ2) is 14.7. The minimum absolute atomic E-state index is 0.620. The summed E-state index contributed by atoms with van der Waals surface area (Å²) in [7, 11) is 0. The van der Waals surface area contributed by atoms with Crippen molar-refractivity contribution in [2.45, 2.75) is 0 Å². The smallest absolute Gasteiger partial charge is 0.235 e. The zero-order valence-corrected chi connectivity index (χ0v) is 35.2. The van der Waals surface area contributed by atoms with Crippen LogP contribution in [-0.2, 0) is 0 Å². The molecule has 0 atom stereocenters. The summed E-state index contributed by atoms with van der Waals surface area (Å²) in [6, 6.07) is 77.2. The molecule has 0 unspecified atom stereocenters. The number of para-hydroxylation sites is 1. The number of hydrogen-bond acceptors (Lipinski definition) is 5. The van der Waals surface area contributed by atoms with E-state index in [9.17, 15) is 0 Å². The SMILES string of the molecule is c1ccc(-c2cccc(N(c3ccc4c(c3)oc3ccccc34)c3ccc4c(c3)c3c5c(ccc3n4-c3nc(-c4ccccc4)cc(-c4ccccc4)n3)sc3ccccc35)c2)cc1. The lowest BCUT2D eigenvalue weighted by atomic mass is 10.0. The second-order valence-corrected chi connectivity index (χ2v) is 17.3. The highest BCUT2D eigenvalue weighted by atomic mass is 32.1. The molecule has 0 spiro atoms. The monoisotopic (exact) mass is 836 g/mol. The van der Waals surface area contributed by atoms with Crippen molar-refractivity contribution >= 4 is 92.3 Å². The largest absolute Gasteiger partial charge is 0.456 e. The van der Waals surface area contributed by atoms with E-state index in [1.807, 2.05) is 35.6 Å². The quantitative estimate of drug-likeness (QED) is 0.160. The Bertz CT molecular complexity index is 3850. The predicted octanol–water partition coefficient (Wildman–Crippen LogP) is 16.3. The van der Waals surface area contributed by atoms with Gasteiger partial charge in [0.1, 0.15) is 11.2 Å². The normalized spacial score (nSPS) is 11.8. The molecule has 0 radical (unpaired) electrons. The zero-order chi connectivity index (χ0) is 42.1. The Balaban J connectivity index is 1.10. The first kappa shape index (κ1) is 36.3. The molecule has 0 aliphatic heterocycles. The lowest BCUT2D eigenvalue weighted by Crippen LogP contribution is -2.10. The van der Waals surface area contributed by atoms with E-state index in [-0.39, 0.29) is 0 Å². The maximum absolute atomic E-state index is 6.51. The van der Waals surface area contributed by atoms with Crippen LogP contribution in [0, 0.1) is 0 Å². The number of nitrogens with zero attached hydrogens (tertiary/aromatic N) is 4. The number of benzene rings is 9. The first-order valence-electron chi connectivity index (χ1n) is 21.5. The van der Waals surface area contributed by atoms with E-state index in [1.54, 1.807) is 0 Å². The van der Waals surface area contributed by atoms with E-state index in [0.717, 1.165) is 89.1 Å². The molecule has 0 saturated heterocycles. The van der Waals surface area contributed by atoms with Crippen molar-refractivity contribution in [3.63, 3.8) is 0 Å². The van der Waals surface area contributed by atoms with Crippen molar-refractivity contribution in [2.75, 3.05) is 4.90 Å². The molecule has 6 heteroatoms. The van der Waals surface area contributed by atoms with Crippen LogP contribution in [0.3, 0.4) is 0 Å². The predicted molar refractivity (Wildman–Crippen MR) is 268 cm³/mol. The summed E-state index contributed by atoms with van der Waals surface area (Å²) < 4.78 is 11.3. The van der Waals surface area contributed by atoms with Crippen LogP contribution < -0.4 is 4.90 Å². The Morgan fingerprint density at radius 1 is 0.375 bits per heavy atom. The molecule has 4 heterocycles. The third-order valence-corrected chi connectivity index (χ3v) is 13.5. The molecule has 13 rings (SSSR count). The molecular formula is C58H36N4OS. The lowest BCUT2D eigenvalue weighted by Gasteiger charge is -2.26. The first-order valence-corrected chi connectivity index (χ1v) is 22.3. The van der Waals surface area contributed by atoms with Crippen molar-refractivity contribution in [1.29, 1.82) is 0 Å². The van der Waals surface area contributed by atoms with E-state index in [1.165, 1.54) is 25.6 Å². The minimum Gasteiger partial charge on any atom is -0.456 e. The van der Waals surface area contributed by atoms with E-state index in [2.05, 4.69) is 204 Å². The number of anilines is 3. The van der Waals surface area contributed by atoms with Crippen LogP contribution in [0.2, 0.25) is 0 Å². The van der Waals surface area contributed by atoms with Crippen LogP contribution in [0.1, 0.15) is 0 Å². The van der Waals surface area contributed by atoms with Gasteiger partial charge in [-0.2, -0.15) is 0 Å². The Kier molecular flexibility index (Phi) is 8.32. The average molecular weight is 837 g/mol. The number of furan rings is 1. The maximum Gasteiger partial charge on any atom is 0.235 e. The van der Waals surface area contributed by atoms with Gasteiger partial charge in [-0.1, -0.05) is 140 Å². The molecule has 0 aliphatic rings. The molecule has 64 heavy (non-hydrogen) atoms. The molecule has 0 saturated carbocycles. The summed E-state index contributed by atoms with van der Waals surface area (Å²) >= 11 is 1.83. The molecule has 13 aromatic rings. The Morgan fingerprint density at radius 3 is 1.73 bits per heavy atom. The fourth-order valence-corrected chi connectivity index (χ4v) is 10.6. The van der Waals surface area contributed by atoms with Crippen LogP contribution in [0.15, 0.2) is 223 Å². The van der Waals surface area contributed by atoms with Crippen LogP contribution in [-0.4, -0.2) is 14.5 Å². The molecular weight excluding hydrogens is 801 g/mol. The second-order valence-electron chi connectivity index (χ2n) is 16.2. The standard InChI is InChI=1S/C58H36N4OS/c1-4-15-37(16-5-1)40-21-14-22-41(33-40)61(43-27-29-45-44-23-10-12-25-52(44)63-53(45)35-43)42-28-30-50-47(34-42)56-51(31-32-55-57(56)46-24-11-13-26-54(46)64-55)62(50)58-59-48(38-17-6-2-7-18-38)36-49(60-58)39-19-8-3-9-20-39/h1-36H. The number of aromatic nitrogens is 3. The lowest BCUT2D eigenvalue weighted by molar-refractivity contribution is 0.669. The van der Waals surface area contributed by atoms with Gasteiger partial charge in [-0.25, -0.2) is 9.97 Å². The van der Waals surface area contributed by atoms with Crippen molar-refractivity contribution in [1.82, 2.24) is 14.5 Å². The van der Waals surface area contributed by atoms with Gasteiger partial charge in [-0.15, -0.1) is 11.3 Å². The highest BCUT2D eigenvalue weighted by Crippen LogP contribution is 2.46. The summed E-state index contributed by atoms with van der Waals surface area (Å²) in [6.45, 7) is 0. The molecule has 0 bridgehead atoms. The summed E-state index contributed by atoms with van der Waals surface area (Å²) in [6.07, 6.45) is 0. The van der Waals surface area contributed by atoms with Crippen LogP contribution in [0.25, 0.3) is 104 Å². The van der Waals surface area contributed by atoms with E-state index in [4.69, 9.17) is 14.4 Å². The molecule has 0 aliphatic carbocycles. The van der Waals surface area contributed by atoms with Gasteiger partial charge in [0.2, 0.25) is 5.95 Å². The zero-order valence-electron chi connectivity index (χ0n) is 34.4. The third kappa shape index (κ3) is 5.92. The van der Waals surface area contributed by atoms with Crippen molar-refractivity contribution < 1.29 is 4.42 Å². The Labute approximate surface area is 372 Å². The van der Waals surface area contributed by atoms with Gasteiger partial charge >= 0.3 is 0 Å². The van der Waals surface area contributed by atoms with E-state index in [0.29, 0.717) is 5.95 Å². The van der Waals surface area contributed by atoms with E-state index < -0.39 is 0 Å². The number of rotatable bonds is 7.